The van der Waals surface area contributed by atoms with Crippen LogP contribution in [0.5, 0.6) is 0 Å². The molecule has 0 radical (unpaired) electrons. The maximum absolute atomic E-state index is 6.16. The van der Waals surface area contributed by atoms with Gasteiger partial charge in [-0.25, -0.2) is 0 Å². The van der Waals surface area contributed by atoms with Gasteiger partial charge in [-0.2, -0.15) is 0 Å². The summed E-state index contributed by atoms with van der Waals surface area (Å²) in [4.78, 5) is 2.61. The lowest BCUT2D eigenvalue weighted by atomic mass is 9.85. The van der Waals surface area contributed by atoms with Crippen LogP contribution in [0.2, 0.25) is 0 Å². The Labute approximate surface area is 125 Å². The minimum absolute atomic E-state index is 0.0165. The maximum Gasteiger partial charge on any atom is 0.0760 e. The Morgan fingerprint density at radius 1 is 1.20 bits per heavy atom. The number of rotatable bonds is 4. The van der Waals surface area contributed by atoms with Gasteiger partial charge in [-0.15, -0.1) is 0 Å². The van der Waals surface area contributed by atoms with Gasteiger partial charge in [0.05, 0.1) is 11.2 Å². The van der Waals surface area contributed by atoms with Gasteiger partial charge < -0.3 is 10.1 Å². The van der Waals surface area contributed by atoms with Crippen LogP contribution in [0.15, 0.2) is 0 Å². The van der Waals surface area contributed by atoms with Crippen LogP contribution in [-0.4, -0.2) is 48.8 Å². The molecule has 2 aliphatic rings. The zero-order valence-corrected chi connectivity index (χ0v) is 14.2. The minimum atomic E-state index is -0.0165. The SMILES string of the molecule is CC(CCN1CC(C)(C)OC(C)(C)C1)C1CCCNC1. The van der Waals surface area contributed by atoms with E-state index in [1.807, 2.05) is 0 Å². The van der Waals surface area contributed by atoms with E-state index in [-0.39, 0.29) is 11.2 Å². The smallest absolute Gasteiger partial charge is 0.0760 e. The highest BCUT2D eigenvalue weighted by Crippen LogP contribution is 2.29. The highest BCUT2D eigenvalue weighted by molar-refractivity contribution is 4.89. The molecule has 0 amide bonds. The summed E-state index contributed by atoms with van der Waals surface area (Å²) in [5.74, 6) is 1.71. The molecular formula is C17H34N2O. The van der Waals surface area contributed by atoms with E-state index in [1.54, 1.807) is 0 Å². The van der Waals surface area contributed by atoms with Gasteiger partial charge in [0.25, 0.3) is 0 Å². The normalized spacial score (nSPS) is 31.9. The first kappa shape index (κ1) is 16.3. The van der Waals surface area contributed by atoms with Gasteiger partial charge in [-0.3, -0.25) is 4.90 Å². The van der Waals surface area contributed by atoms with Crippen LogP contribution in [-0.2, 0) is 4.74 Å². The molecule has 2 rings (SSSR count). The van der Waals surface area contributed by atoms with E-state index >= 15 is 0 Å². The van der Waals surface area contributed by atoms with E-state index in [1.165, 1.54) is 38.9 Å². The zero-order chi connectivity index (χ0) is 14.8. The molecule has 118 valence electrons. The van der Waals surface area contributed by atoms with E-state index in [9.17, 15) is 0 Å². The molecule has 2 atom stereocenters. The predicted molar refractivity (Wildman–Crippen MR) is 85.1 cm³/mol. The minimum Gasteiger partial charge on any atom is -0.367 e. The van der Waals surface area contributed by atoms with Crippen molar-refractivity contribution in [3.05, 3.63) is 0 Å². The Bertz CT molecular complexity index is 292. The molecule has 0 saturated carbocycles. The molecule has 3 heteroatoms. The molecule has 1 N–H and O–H groups in total. The van der Waals surface area contributed by atoms with Crippen molar-refractivity contribution in [2.45, 2.75) is 65.1 Å². The monoisotopic (exact) mass is 282 g/mol. The fraction of sp³-hybridized carbons (Fsp3) is 1.00. The summed E-state index contributed by atoms with van der Waals surface area (Å²) in [6.45, 7) is 17.1. The van der Waals surface area contributed by atoms with Crippen molar-refractivity contribution < 1.29 is 4.74 Å². The summed E-state index contributed by atoms with van der Waals surface area (Å²) in [5.41, 5.74) is -0.0330. The van der Waals surface area contributed by atoms with Crippen LogP contribution < -0.4 is 5.32 Å². The van der Waals surface area contributed by atoms with Crippen LogP contribution in [0.4, 0.5) is 0 Å². The lowest BCUT2D eigenvalue weighted by Crippen LogP contribution is -2.57. The van der Waals surface area contributed by atoms with Crippen molar-refractivity contribution in [2.24, 2.45) is 11.8 Å². The molecule has 2 unspecified atom stereocenters. The van der Waals surface area contributed by atoms with Crippen molar-refractivity contribution in [1.82, 2.24) is 10.2 Å². The number of hydrogen-bond donors (Lipinski definition) is 1. The molecule has 0 aromatic heterocycles. The number of piperidine rings is 1. The first-order valence-corrected chi connectivity index (χ1v) is 8.41. The molecule has 2 saturated heterocycles. The van der Waals surface area contributed by atoms with Gasteiger partial charge in [0.15, 0.2) is 0 Å². The van der Waals surface area contributed by atoms with Crippen molar-refractivity contribution >= 4 is 0 Å². The van der Waals surface area contributed by atoms with Gasteiger partial charge >= 0.3 is 0 Å². The number of ether oxygens (including phenoxy) is 1. The third-order valence-electron chi connectivity index (χ3n) is 4.80. The van der Waals surface area contributed by atoms with E-state index in [4.69, 9.17) is 4.74 Å². The molecule has 2 aliphatic heterocycles. The standard InChI is InChI=1S/C17H34N2O/c1-14(15-7-6-9-18-11-15)8-10-19-12-16(2,3)20-17(4,5)13-19/h14-15,18H,6-13H2,1-5H3. The molecule has 2 heterocycles. The summed E-state index contributed by atoms with van der Waals surface area (Å²) in [6, 6.07) is 0. The molecule has 3 nitrogen and oxygen atoms in total. The number of nitrogens with zero attached hydrogens (tertiary/aromatic N) is 1. The quantitative estimate of drug-likeness (QED) is 0.858. The van der Waals surface area contributed by atoms with Crippen LogP contribution in [0.25, 0.3) is 0 Å². The second-order valence-electron chi connectivity index (χ2n) is 8.20. The fourth-order valence-corrected chi connectivity index (χ4v) is 4.09. The third-order valence-corrected chi connectivity index (χ3v) is 4.80. The van der Waals surface area contributed by atoms with E-state index in [0.717, 1.165) is 24.9 Å². The molecule has 2 fully saturated rings. The van der Waals surface area contributed by atoms with Gasteiger partial charge in [0.2, 0.25) is 0 Å². The Balaban J connectivity index is 1.80. The van der Waals surface area contributed by atoms with E-state index in [2.05, 4.69) is 44.8 Å². The van der Waals surface area contributed by atoms with Crippen molar-refractivity contribution in [3.8, 4) is 0 Å². The first-order chi connectivity index (χ1) is 9.27. The van der Waals surface area contributed by atoms with Gasteiger partial charge in [0, 0.05) is 13.1 Å². The lowest BCUT2D eigenvalue weighted by Gasteiger charge is -2.47. The summed E-state index contributed by atoms with van der Waals surface area (Å²) in [7, 11) is 0. The van der Waals surface area contributed by atoms with Crippen LogP contribution in [0, 0.1) is 11.8 Å². The summed E-state index contributed by atoms with van der Waals surface area (Å²) in [5, 5.41) is 3.55. The van der Waals surface area contributed by atoms with E-state index in [0.29, 0.717) is 0 Å². The van der Waals surface area contributed by atoms with Gasteiger partial charge in [0.1, 0.15) is 0 Å². The Hall–Kier alpha value is -0.120. The Morgan fingerprint density at radius 3 is 2.40 bits per heavy atom. The van der Waals surface area contributed by atoms with Crippen molar-refractivity contribution in [2.75, 3.05) is 32.7 Å². The maximum atomic E-state index is 6.16. The molecule has 20 heavy (non-hydrogen) atoms. The van der Waals surface area contributed by atoms with Gasteiger partial charge in [-0.05, 0) is 78.4 Å². The largest absolute Gasteiger partial charge is 0.367 e. The van der Waals surface area contributed by atoms with Crippen LogP contribution >= 0.6 is 0 Å². The first-order valence-electron chi connectivity index (χ1n) is 8.41. The molecule has 0 aliphatic carbocycles. The van der Waals surface area contributed by atoms with Crippen LogP contribution in [0.1, 0.15) is 53.9 Å². The predicted octanol–water partition coefficient (Wildman–Crippen LogP) is 2.90. The van der Waals surface area contributed by atoms with Crippen molar-refractivity contribution in [3.63, 3.8) is 0 Å². The highest BCUT2D eigenvalue weighted by Gasteiger charge is 2.38. The second-order valence-corrected chi connectivity index (χ2v) is 8.20. The number of nitrogens with one attached hydrogen (secondary N) is 1. The molecule has 0 aromatic rings. The molecule has 0 spiro atoms. The van der Waals surface area contributed by atoms with E-state index < -0.39 is 0 Å². The van der Waals surface area contributed by atoms with Crippen LogP contribution in [0.3, 0.4) is 0 Å². The summed E-state index contributed by atoms with van der Waals surface area (Å²) >= 11 is 0. The number of hydrogen-bond acceptors (Lipinski definition) is 3. The molecule has 0 bridgehead atoms. The van der Waals surface area contributed by atoms with Gasteiger partial charge in [-0.1, -0.05) is 6.92 Å². The summed E-state index contributed by atoms with van der Waals surface area (Å²) in [6.07, 6.45) is 4.08. The summed E-state index contributed by atoms with van der Waals surface area (Å²) < 4.78 is 6.16. The number of morpholine rings is 1. The molecule has 0 aromatic carbocycles. The lowest BCUT2D eigenvalue weighted by molar-refractivity contribution is -0.180. The molecular weight excluding hydrogens is 248 g/mol. The Kier molecular flexibility index (Phi) is 5.14. The average molecular weight is 282 g/mol. The zero-order valence-electron chi connectivity index (χ0n) is 14.2. The highest BCUT2D eigenvalue weighted by atomic mass is 16.5. The Morgan fingerprint density at radius 2 is 1.85 bits per heavy atom. The van der Waals surface area contributed by atoms with Crippen molar-refractivity contribution in [1.29, 1.82) is 0 Å². The fourth-order valence-electron chi connectivity index (χ4n) is 4.09. The topological polar surface area (TPSA) is 24.5 Å². The second kappa shape index (κ2) is 6.33. The average Bonchev–Trinajstić information content (AvgIpc) is 2.33. The third kappa shape index (κ3) is 4.71.